The number of thiophene rings is 1. The van der Waals surface area contributed by atoms with Gasteiger partial charge in [-0.3, -0.25) is 4.98 Å². The number of aromatic nitrogens is 3. The number of pyridine rings is 1. The minimum absolute atomic E-state index is 0.0112. The van der Waals surface area contributed by atoms with Crippen LogP contribution < -0.4 is 5.32 Å². The molecule has 23 heavy (non-hydrogen) atoms. The van der Waals surface area contributed by atoms with Crippen molar-refractivity contribution in [2.75, 3.05) is 5.32 Å². The summed E-state index contributed by atoms with van der Waals surface area (Å²) in [6.07, 6.45) is 4.53. The molecule has 0 bridgehead atoms. The summed E-state index contributed by atoms with van der Waals surface area (Å²) in [5.41, 5.74) is 0.0578. The molecule has 0 radical (unpaired) electrons. The van der Waals surface area contributed by atoms with Crippen molar-refractivity contribution in [1.82, 2.24) is 15.0 Å². The molecule has 2 atom stereocenters. The molecule has 2 N–H and O–H groups in total. The highest BCUT2D eigenvalue weighted by molar-refractivity contribution is 7.16. The van der Waals surface area contributed by atoms with Crippen LogP contribution in [0.15, 0.2) is 35.8 Å². The van der Waals surface area contributed by atoms with Crippen LogP contribution in [-0.4, -0.2) is 31.7 Å². The van der Waals surface area contributed by atoms with Crippen LogP contribution in [0, 0.1) is 0 Å². The standard InChI is InChI=1S/C17H18N4OS/c1-17(22)8-4-6-13(17)19-14-11-7-10-23-16(11)21-15(20-14)12-5-2-3-9-18-12/h2-3,5,7,9-10,13,22H,4,6,8H2,1H3,(H,19,20,21). The van der Waals surface area contributed by atoms with Gasteiger partial charge in [0.15, 0.2) is 5.82 Å². The van der Waals surface area contributed by atoms with Gasteiger partial charge in [0.05, 0.1) is 17.0 Å². The second-order valence-electron chi connectivity index (χ2n) is 6.20. The first kappa shape index (κ1) is 14.5. The number of rotatable bonds is 3. The molecule has 118 valence electrons. The van der Waals surface area contributed by atoms with E-state index in [4.69, 9.17) is 0 Å². The van der Waals surface area contributed by atoms with Crippen molar-refractivity contribution in [2.24, 2.45) is 0 Å². The van der Waals surface area contributed by atoms with Gasteiger partial charge in [-0.1, -0.05) is 6.07 Å². The molecule has 0 saturated heterocycles. The molecule has 0 aliphatic heterocycles. The van der Waals surface area contributed by atoms with Crippen LogP contribution in [0.25, 0.3) is 21.7 Å². The molecule has 1 aliphatic rings. The molecule has 5 nitrogen and oxygen atoms in total. The molecule has 1 saturated carbocycles. The first-order valence-corrected chi connectivity index (χ1v) is 8.67. The molecule has 3 aromatic rings. The van der Waals surface area contributed by atoms with E-state index in [9.17, 15) is 5.11 Å². The van der Waals surface area contributed by atoms with Gasteiger partial charge in [0.25, 0.3) is 0 Å². The van der Waals surface area contributed by atoms with E-state index in [1.807, 2.05) is 36.6 Å². The van der Waals surface area contributed by atoms with Crippen molar-refractivity contribution in [1.29, 1.82) is 0 Å². The predicted octanol–water partition coefficient (Wildman–Crippen LogP) is 3.47. The number of nitrogens with zero attached hydrogens (tertiary/aromatic N) is 3. The number of anilines is 1. The first-order chi connectivity index (χ1) is 11.1. The lowest BCUT2D eigenvalue weighted by molar-refractivity contribution is 0.0578. The molecule has 0 aromatic carbocycles. The summed E-state index contributed by atoms with van der Waals surface area (Å²) in [6.45, 7) is 1.89. The Morgan fingerprint density at radius 2 is 2.22 bits per heavy atom. The predicted molar refractivity (Wildman–Crippen MR) is 92.5 cm³/mol. The molecule has 0 spiro atoms. The summed E-state index contributed by atoms with van der Waals surface area (Å²) in [7, 11) is 0. The van der Waals surface area contributed by atoms with Crippen molar-refractivity contribution in [3.63, 3.8) is 0 Å². The Labute approximate surface area is 138 Å². The van der Waals surface area contributed by atoms with Gasteiger partial charge in [-0.15, -0.1) is 11.3 Å². The molecule has 6 heteroatoms. The number of hydrogen-bond acceptors (Lipinski definition) is 6. The summed E-state index contributed by atoms with van der Waals surface area (Å²) in [5, 5.41) is 17.0. The van der Waals surface area contributed by atoms with Crippen LogP contribution >= 0.6 is 11.3 Å². The topological polar surface area (TPSA) is 70.9 Å². The fourth-order valence-electron chi connectivity index (χ4n) is 3.12. The van der Waals surface area contributed by atoms with Crippen LogP contribution in [0.1, 0.15) is 26.2 Å². The van der Waals surface area contributed by atoms with E-state index in [-0.39, 0.29) is 6.04 Å². The van der Waals surface area contributed by atoms with E-state index in [1.54, 1.807) is 17.5 Å². The van der Waals surface area contributed by atoms with Crippen LogP contribution in [0.2, 0.25) is 0 Å². The van der Waals surface area contributed by atoms with Crippen LogP contribution in [-0.2, 0) is 0 Å². The van der Waals surface area contributed by atoms with E-state index in [0.717, 1.165) is 41.0 Å². The second kappa shape index (κ2) is 5.54. The van der Waals surface area contributed by atoms with Gasteiger partial charge >= 0.3 is 0 Å². The SMILES string of the molecule is CC1(O)CCCC1Nc1nc(-c2ccccn2)nc2sccc12. The molecule has 3 heterocycles. The highest BCUT2D eigenvalue weighted by Gasteiger charge is 2.37. The summed E-state index contributed by atoms with van der Waals surface area (Å²) in [5.74, 6) is 1.39. The Balaban J connectivity index is 1.77. The van der Waals surface area contributed by atoms with E-state index >= 15 is 0 Å². The van der Waals surface area contributed by atoms with Gasteiger partial charge in [0, 0.05) is 6.20 Å². The fraction of sp³-hybridized carbons (Fsp3) is 0.353. The third-order valence-corrected chi connectivity index (χ3v) is 5.26. The van der Waals surface area contributed by atoms with Crippen molar-refractivity contribution >= 4 is 27.4 Å². The van der Waals surface area contributed by atoms with Crippen molar-refractivity contribution in [3.05, 3.63) is 35.8 Å². The Morgan fingerprint density at radius 1 is 1.30 bits per heavy atom. The Hall–Kier alpha value is -2.05. The molecule has 2 unspecified atom stereocenters. The zero-order chi connectivity index (χ0) is 15.9. The quantitative estimate of drug-likeness (QED) is 0.771. The number of fused-ring (bicyclic) bond motifs is 1. The maximum absolute atomic E-state index is 10.5. The normalized spacial score (nSPS) is 24.2. The minimum atomic E-state index is -0.696. The van der Waals surface area contributed by atoms with Gasteiger partial charge in [-0.2, -0.15) is 0 Å². The van der Waals surface area contributed by atoms with Gasteiger partial charge in [-0.25, -0.2) is 9.97 Å². The van der Waals surface area contributed by atoms with Crippen molar-refractivity contribution in [2.45, 2.75) is 37.8 Å². The minimum Gasteiger partial charge on any atom is -0.388 e. The van der Waals surface area contributed by atoms with E-state index in [1.165, 1.54) is 0 Å². The van der Waals surface area contributed by atoms with E-state index in [2.05, 4.69) is 20.3 Å². The summed E-state index contributed by atoms with van der Waals surface area (Å²) >= 11 is 1.59. The van der Waals surface area contributed by atoms with Crippen molar-refractivity contribution < 1.29 is 5.11 Å². The molecule has 4 rings (SSSR count). The molecular formula is C17H18N4OS. The van der Waals surface area contributed by atoms with Gasteiger partial charge in [-0.05, 0) is 49.8 Å². The Kier molecular flexibility index (Phi) is 3.50. The maximum Gasteiger partial charge on any atom is 0.181 e. The van der Waals surface area contributed by atoms with Crippen LogP contribution in [0.3, 0.4) is 0 Å². The molecule has 0 amide bonds. The third-order valence-electron chi connectivity index (χ3n) is 4.46. The number of hydrogen-bond donors (Lipinski definition) is 2. The molecule has 1 fully saturated rings. The highest BCUT2D eigenvalue weighted by Crippen LogP contribution is 2.34. The smallest absolute Gasteiger partial charge is 0.181 e. The van der Waals surface area contributed by atoms with Crippen molar-refractivity contribution in [3.8, 4) is 11.5 Å². The molecule has 3 aromatic heterocycles. The lowest BCUT2D eigenvalue weighted by atomic mass is 10.0. The third kappa shape index (κ3) is 2.68. The van der Waals surface area contributed by atoms with Crippen LogP contribution in [0.4, 0.5) is 5.82 Å². The first-order valence-electron chi connectivity index (χ1n) is 7.79. The summed E-state index contributed by atoms with van der Waals surface area (Å²) < 4.78 is 0. The average molecular weight is 326 g/mol. The number of nitrogens with one attached hydrogen (secondary N) is 1. The van der Waals surface area contributed by atoms with E-state index < -0.39 is 5.60 Å². The Bertz CT molecular complexity index is 831. The van der Waals surface area contributed by atoms with Crippen LogP contribution in [0.5, 0.6) is 0 Å². The Morgan fingerprint density at radius 3 is 2.96 bits per heavy atom. The lowest BCUT2D eigenvalue weighted by Gasteiger charge is -2.27. The zero-order valence-corrected chi connectivity index (χ0v) is 13.7. The summed E-state index contributed by atoms with van der Waals surface area (Å²) in [4.78, 5) is 14.6. The number of aliphatic hydroxyl groups is 1. The highest BCUT2D eigenvalue weighted by atomic mass is 32.1. The van der Waals surface area contributed by atoms with E-state index in [0.29, 0.717) is 5.82 Å². The second-order valence-corrected chi connectivity index (χ2v) is 7.09. The molecular weight excluding hydrogens is 308 g/mol. The largest absolute Gasteiger partial charge is 0.388 e. The summed E-state index contributed by atoms with van der Waals surface area (Å²) in [6, 6.07) is 7.75. The molecule has 1 aliphatic carbocycles. The average Bonchev–Trinajstić information content (AvgIpc) is 3.15. The monoisotopic (exact) mass is 326 g/mol. The maximum atomic E-state index is 10.5. The van der Waals surface area contributed by atoms with Gasteiger partial charge < -0.3 is 10.4 Å². The fourth-order valence-corrected chi connectivity index (χ4v) is 3.88. The zero-order valence-electron chi connectivity index (χ0n) is 12.9. The van der Waals surface area contributed by atoms with Gasteiger partial charge in [0.2, 0.25) is 0 Å². The van der Waals surface area contributed by atoms with Gasteiger partial charge in [0.1, 0.15) is 16.3 Å². The lowest BCUT2D eigenvalue weighted by Crippen LogP contribution is -2.39.